The summed E-state index contributed by atoms with van der Waals surface area (Å²) in [5.74, 6) is -5.14. The molecule has 0 aromatic heterocycles. The Labute approximate surface area is 455 Å². The quantitative estimate of drug-likeness (QED) is 0.177. The van der Waals surface area contributed by atoms with E-state index in [0.29, 0.717) is 17.7 Å². The first-order chi connectivity index (χ1) is 34.1. The van der Waals surface area contributed by atoms with Crippen molar-refractivity contribution in [2.24, 2.45) is 29.0 Å². The number of nitrogens with zero attached hydrogens (tertiary/aromatic N) is 2. The monoisotopic (exact) mass is 1200 g/mol. The summed E-state index contributed by atoms with van der Waals surface area (Å²) < 4.78 is 63.7. The number of allylic oxidation sites excluding steroid dienone is 9. The number of ketones is 3. The van der Waals surface area contributed by atoms with E-state index in [2.05, 4.69) is 22.6 Å². The lowest BCUT2D eigenvalue weighted by molar-refractivity contribution is -0.167. The minimum absolute atomic E-state index is 0. The number of likely N-dealkylation sites (tertiary alicyclic amines) is 2. The van der Waals surface area contributed by atoms with Crippen molar-refractivity contribution in [3.05, 3.63) is 67.3 Å². The van der Waals surface area contributed by atoms with Crippen molar-refractivity contribution in [2.45, 2.75) is 192 Å². The predicted octanol–water partition coefficient (Wildman–Crippen LogP) is 4.73. The van der Waals surface area contributed by atoms with Crippen molar-refractivity contribution in [3.8, 4) is 0 Å². The number of halogens is 4. The van der Waals surface area contributed by atoms with Gasteiger partial charge in [0.2, 0.25) is 0 Å². The van der Waals surface area contributed by atoms with Crippen LogP contribution >= 0.6 is 35.0 Å². The molecule has 4 heterocycles. The Morgan fingerprint density at radius 2 is 1.05 bits per heavy atom. The van der Waals surface area contributed by atoms with Crippen LogP contribution in [-0.4, -0.2) is 157 Å². The Bertz CT molecular complexity index is 2340. The zero-order chi connectivity index (χ0) is 55.5. The summed E-state index contributed by atoms with van der Waals surface area (Å²) in [6, 6.07) is -2.60. The Balaban J connectivity index is 0.000000212. The maximum atomic E-state index is 14.2. The van der Waals surface area contributed by atoms with Crippen LogP contribution in [0.1, 0.15) is 108 Å². The largest absolute Gasteiger partial charge is 0.444 e. The summed E-state index contributed by atoms with van der Waals surface area (Å²) in [6.07, 6.45) is -1.30. The number of Topliss-reactive ketones (excluding diaryl/α,β-unsaturated/α-hetero) is 3. The van der Waals surface area contributed by atoms with Crippen molar-refractivity contribution in [3.63, 3.8) is 0 Å². The first kappa shape index (κ1) is 61.8. The molecule has 24 heteroatoms. The molecule has 10 N–H and O–H groups in total. The topological polar surface area (TPSA) is 306 Å². The van der Waals surface area contributed by atoms with E-state index in [4.69, 9.17) is 50.7 Å². The molecule has 3 unspecified atom stereocenters. The molecule has 2 amide bonds. The van der Waals surface area contributed by atoms with Gasteiger partial charge >= 0.3 is 12.2 Å². The van der Waals surface area contributed by atoms with Crippen LogP contribution in [0.3, 0.4) is 0 Å². The van der Waals surface area contributed by atoms with Crippen molar-refractivity contribution in [2.75, 3.05) is 13.2 Å². The first-order valence-corrected chi connectivity index (χ1v) is 25.7. The number of carbonyl (C=O) groups is 5. The fourth-order valence-corrected chi connectivity index (χ4v) is 11.1. The molecular formula is C51H73ClF2IN5O15. The van der Waals surface area contributed by atoms with Gasteiger partial charge in [-0.3, -0.25) is 24.2 Å². The van der Waals surface area contributed by atoms with Gasteiger partial charge in [-0.25, -0.2) is 18.4 Å². The van der Waals surface area contributed by atoms with Gasteiger partial charge in [0.25, 0.3) is 0 Å². The number of nitrogens with two attached hydrogens (primary N) is 3. The molecule has 4 aliphatic carbocycles. The van der Waals surface area contributed by atoms with Gasteiger partial charge in [-0.2, -0.15) is 0 Å². The summed E-state index contributed by atoms with van der Waals surface area (Å²) in [5.41, 5.74) is 16.4. The van der Waals surface area contributed by atoms with Crippen molar-refractivity contribution >= 4 is 64.5 Å². The van der Waals surface area contributed by atoms with Gasteiger partial charge in [-0.15, -0.1) is 12.4 Å². The summed E-state index contributed by atoms with van der Waals surface area (Å²) in [5, 5.41) is 38.6. The molecule has 5 fully saturated rings. The van der Waals surface area contributed by atoms with Gasteiger partial charge in [0.05, 0.1) is 73.6 Å². The van der Waals surface area contributed by atoms with Gasteiger partial charge in [-0.1, -0.05) is 6.92 Å². The highest BCUT2D eigenvalue weighted by Gasteiger charge is 2.63. The highest BCUT2D eigenvalue weighted by atomic mass is 127. The van der Waals surface area contributed by atoms with Gasteiger partial charge in [-0.05, 0) is 123 Å². The summed E-state index contributed by atoms with van der Waals surface area (Å²) in [7, 11) is 0. The number of fused-ring (bicyclic) bond motifs is 2. The van der Waals surface area contributed by atoms with Gasteiger partial charge in [0.1, 0.15) is 47.3 Å². The molecule has 8 aliphatic rings. The first-order valence-electron chi connectivity index (χ1n) is 24.6. The normalized spacial score (nSPS) is 33.1. The van der Waals surface area contributed by atoms with E-state index in [1.807, 2.05) is 41.5 Å². The third-order valence-electron chi connectivity index (χ3n) is 13.7. The Morgan fingerprint density at radius 3 is 1.47 bits per heavy atom. The molecule has 4 aliphatic heterocycles. The molecule has 12 atom stereocenters. The van der Waals surface area contributed by atoms with Crippen molar-refractivity contribution in [1.82, 2.24) is 9.80 Å². The Hall–Kier alpha value is -4.05. The van der Waals surface area contributed by atoms with Crippen LogP contribution in [0, 0.1) is 11.8 Å². The molecule has 8 rings (SSSR count). The second-order valence-electron chi connectivity index (χ2n) is 22.5. The van der Waals surface area contributed by atoms with E-state index >= 15 is 0 Å². The fourth-order valence-electron chi connectivity index (χ4n) is 10.6. The summed E-state index contributed by atoms with van der Waals surface area (Å²) in [4.78, 5) is 66.3. The zero-order valence-electron chi connectivity index (χ0n) is 44.1. The lowest BCUT2D eigenvalue weighted by atomic mass is 9.86. The number of hydrogen-bond donors (Lipinski definition) is 7. The van der Waals surface area contributed by atoms with Crippen molar-refractivity contribution < 1.29 is 81.6 Å². The second-order valence-corrected chi connectivity index (χ2v) is 23.7. The molecule has 20 nitrogen and oxygen atoms in total. The number of ether oxygens (including phenoxy) is 6. The molecule has 75 heavy (non-hydrogen) atoms. The number of amides is 2. The van der Waals surface area contributed by atoms with E-state index < -0.39 is 119 Å². The minimum atomic E-state index is -1.16. The molecule has 4 saturated heterocycles. The van der Waals surface area contributed by atoms with E-state index in [-0.39, 0.29) is 90.9 Å². The van der Waals surface area contributed by atoms with Gasteiger partial charge < -0.3 is 66.0 Å². The number of aliphatic hydroxyl groups excluding tert-OH is 4. The van der Waals surface area contributed by atoms with Crippen molar-refractivity contribution in [1.29, 1.82) is 0 Å². The maximum absolute atomic E-state index is 14.2. The molecule has 0 bridgehead atoms. The van der Waals surface area contributed by atoms with Crippen LogP contribution in [0.5, 0.6) is 0 Å². The third-order valence-corrected chi connectivity index (χ3v) is 14.7. The smallest absolute Gasteiger partial charge is 0.411 e. The lowest BCUT2D eigenvalue weighted by Gasteiger charge is -2.36. The Kier molecular flexibility index (Phi) is 19.0. The standard InChI is InChI=1S/C20H29IN2O5.C19H27FN2O6.C12H16FNO4.ClH/c1-7-13-16-17(27-20(5,6)26-16)15(23(13)18(25)28-19(2,3)4)10-8-11(21)12(22)9-14(10)24;1-18(2,3)28-17(25)22-12(8-23)15-16(27-19(4,5)26-15)14(22)9-6-10(20)11(21)7-13(9)24;13-8-2-6(10(16)3-9(8)14)7-1-5(4-15)11(17)12(7)18;/h8,13,15-17H,7,9,22H2,1-6H3;6,12,14-16,23H,7-8,21H2,1-5H3;2,5,7,11-12,15,17-18H,1,3-4,14H2;1H/t13-,15?,16-,17+;12-,14?,15-,16+;5-,7?,11-,12+;/m111./s1. The molecule has 0 spiro atoms. The predicted molar refractivity (Wildman–Crippen MR) is 277 cm³/mol. The SMILES string of the molecule is CC(C)(C)OC(=O)N1C(C2=CC(F)=C(N)CC2=O)[C@@H]2OC(C)(C)O[C@@H]2[C@H]1CO.CC[C@@H]1[C@H]2OC(C)(C)O[C@H]2C(C2=CC(I)=C(N)CC2=O)N1C(=O)OC(C)(C)C.Cl.NC1=C(F)C=C(C2C[C@H](CO)[C@@H](O)[C@H]2O)C(=O)C1. The second kappa shape index (κ2) is 23.1. The maximum Gasteiger partial charge on any atom is 0.411 e. The molecule has 420 valence electrons. The van der Waals surface area contributed by atoms with E-state index in [0.717, 1.165) is 15.7 Å². The minimum Gasteiger partial charge on any atom is -0.444 e. The summed E-state index contributed by atoms with van der Waals surface area (Å²) >= 11 is 2.12. The number of rotatable bonds is 6. The van der Waals surface area contributed by atoms with Crippen LogP contribution in [-0.2, 0) is 42.8 Å². The molecule has 1 saturated carbocycles. The third kappa shape index (κ3) is 13.3. The van der Waals surface area contributed by atoms with Crippen LogP contribution in [0.4, 0.5) is 18.4 Å². The molecule has 0 radical (unpaired) electrons. The van der Waals surface area contributed by atoms with E-state index in [1.165, 1.54) is 4.90 Å². The Morgan fingerprint density at radius 1 is 0.667 bits per heavy atom. The van der Waals surface area contributed by atoms with E-state index in [1.54, 1.807) is 45.6 Å². The average Bonchev–Trinajstić information content (AvgIpc) is 4.02. The van der Waals surface area contributed by atoms with E-state index in [9.17, 15) is 48.1 Å². The molecule has 0 aromatic carbocycles. The number of carbonyl (C=O) groups excluding carboxylic acids is 5. The number of hydrogen-bond acceptors (Lipinski definition) is 18. The highest BCUT2D eigenvalue weighted by Crippen LogP contribution is 2.47. The van der Waals surface area contributed by atoms with Crippen LogP contribution in [0.2, 0.25) is 0 Å². The highest BCUT2D eigenvalue weighted by molar-refractivity contribution is 14.1. The molecular weight excluding hydrogens is 1120 g/mol. The lowest BCUT2D eigenvalue weighted by Crippen LogP contribution is -2.51. The summed E-state index contributed by atoms with van der Waals surface area (Å²) in [6.45, 7) is 19.0. The van der Waals surface area contributed by atoms with Gasteiger partial charge in [0, 0.05) is 44.4 Å². The van der Waals surface area contributed by atoms with Crippen LogP contribution in [0.25, 0.3) is 0 Å². The molecule has 0 aromatic rings. The average molecular weight is 1200 g/mol. The van der Waals surface area contributed by atoms with Crippen LogP contribution < -0.4 is 17.2 Å². The van der Waals surface area contributed by atoms with Crippen LogP contribution in [0.15, 0.2) is 67.3 Å². The zero-order valence-corrected chi connectivity index (χ0v) is 47.0. The fraction of sp³-hybridized carbons (Fsp3) is 0.667. The number of aliphatic hydroxyl groups is 4. The van der Waals surface area contributed by atoms with Gasteiger partial charge in [0.15, 0.2) is 28.9 Å².